The number of carbonyl (C=O) groups is 1. The first-order valence-electron chi connectivity index (χ1n) is 5.68. The molecule has 1 rings (SSSR count). The van der Waals surface area contributed by atoms with Crippen molar-refractivity contribution in [3.63, 3.8) is 0 Å². The average molecular weight is 272 g/mol. The van der Waals surface area contributed by atoms with Crippen LogP contribution in [0.2, 0.25) is 0 Å². The van der Waals surface area contributed by atoms with Crippen LogP contribution in [0.1, 0.15) is 0 Å². The molecule has 0 aliphatic heterocycles. The van der Waals surface area contributed by atoms with E-state index in [0.29, 0.717) is 5.69 Å². The molecule has 0 aromatic heterocycles. The summed E-state index contributed by atoms with van der Waals surface area (Å²) in [6.07, 6.45) is 0. The third-order valence-corrected chi connectivity index (χ3v) is 2.64. The molecule has 1 aromatic rings. The molecule has 1 aromatic carbocycles. The maximum absolute atomic E-state index is 12.9. The Kier molecular flexibility index (Phi) is 5.84. The Morgan fingerprint density at radius 2 is 1.84 bits per heavy atom. The molecule has 0 spiro atoms. The van der Waals surface area contributed by atoms with Crippen LogP contribution in [0, 0.1) is 5.82 Å². The number of amides is 1. The predicted molar refractivity (Wildman–Crippen MR) is 67.0 cm³/mol. The molecule has 19 heavy (non-hydrogen) atoms. The van der Waals surface area contributed by atoms with Gasteiger partial charge < -0.3 is 20.6 Å². The van der Waals surface area contributed by atoms with Crippen LogP contribution in [0.3, 0.4) is 0 Å². The van der Waals surface area contributed by atoms with Crippen molar-refractivity contribution in [3.05, 3.63) is 30.1 Å². The van der Waals surface area contributed by atoms with Gasteiger partial charge in [-0.25, -0.2) is 4.39 Å². The van der Waals surface area contributed by atoms with Crippen LogP contribution in [0.25, 0.3) is 0 Å². The summed E-state index contributed by atoms with van der Waals surface area (Å²) in [6.45, 7) is -1.80. The number of carbonyl (C=O) groups excluding carboxylic acids is 1. The molecule has 106 valence electrons. The van der Waals surface area contributed by atoms with Crippen LogP contribution in [0.15, 0.2) is 24.3 Å². The molecule has 0 saturated heterocycles. The van der Waals surface area contributed by atoms with E-state index in [-0.39, 0.29) is 6.54 Å². The van der Waals surface area contributed by atoms with Gasteiger partial charge in [0.15, 0.2) is 0 Å². The van der Waals surface area contributed by atoms with Gasteiger partial charge in [0.2, 0.25) is 5.91 Å². The van der Waals surface area contributed by atoms with Crippen molar-refractivity contribution in [3.8, 4) is 0 Å². The molecule has 0 radical (unpaired) electrons. The van der Waals surface area contributed by atoms with Gasteiger partial charge in [0.25, 0.3) is 0 Å². The quantitative estimate of drug-likeness (QED) is 0.441. The first kappa shape index (κ1) is 15.5. The summed E-state index contributed by atoms with van der Waals surface area (Å²) >= 11 is 0. The molecule has 1 amide bonds. The average Bonchev–Trinajstić information content (AvgIpc) is 2.41. The third kappa shape index (κ3) is 4.56. The van der Waals surface area contributed by atoms with E-state index >= 15 is 0 Å². The molecule has 6 nitrogen and oxygen atoms in total. The number of halogens is 1. The smallest absolute Gasteiger partial charge is 0.238 e. The molecule has 0 aliphatic rings. The summed E-state index contributed by atoms with van der Waals surface area (Å²) in [5, 5.41) is 32.2. The van der Waals surface area contributed by atoms with E-state index in [1.54, 1.807) is 0 Å². The van der Waals surface area contributed by atoms with Gasteiger partial charge in [-0.2, -0.15) is 0 Å². The summed E-state index contributed by atoms with van der Waals surface area (Å²) in [7, 11) is 0. The first-order valence-corrected chi connectivity index (χ1v) is 5.68. The summed E-state index contributed by atoms with van der Waals surface area (Å²) in [6, 6.07) is 5.40. The largest absolute Gasteiger partial charge is 0.394 e. The maximum atomic E-state index is 12.9. The summed E-state index contributed by atoms with van der Waals surface area (Å²) in [5.74, 6) is -0.952. The molecular weight excluding hydrogens is 255 g/mol. The van der Waals surface area contributed by atoms with E-state index in [4.69, 9.17) is 15.3 Å². The van der Waals surface area contributed by atoms with Gasteiger partial charge in [-0.1, -0.05) is 6.07 Å². The molecule has 0 atom stereocenters. The SMILES string of the molecule is O=C(CNC(CO)(CO)CO)Nc1cccc(F)c1. The molecule has 7 heteroatoms. The zero-order chi connectivity index (χ0) is 14.3. The van der Waals surface area contributed by atoms with Gasteiger partial charge in [0, 0.05) is 5.69 Å². The second-order valence-electron chi connectivity index (χ2n) is 4.17. The maximum Gasteiger partial charge on any atom is 0.238 e. The highest BCUT2D eigenvalue weighted by Crippen LogP contribution is 2.08. The molecule has 0 heterocycles. The number of hydrogen-bond donors (Lipinski definition) is 5. The van der Waals surface area contributed by atoms with Crippen LogP contribution < -0.4 is 10.6 Å². The topological polar surface area (TPSA) is 102 Å². The standard InChI is InChI=1S/C12H17FN2O4/c13-9-2-1-3-10(4-9)15-11(19)5-14-12(6-16,7-17)8-18/h1-4,14,16-18H,5-8H2,(H,15,19). The molecular formula is C12H17FN2O4. The third-order valence-electron chi connectivity index (χ3n) is 2.64. The van der Waals surface area contributed by atoms with E-state index in [0.717, 1.165) is 6.07 Å². The lowest BCUT2D eigenvalue weighted by Gasteiger charge is -2.28. The number of aliphatic hydroxyl groups excluding tert-OH is 3. The molecule has 5 N–H and O–H groups in total. The predicted octanol–water partition coefficient (Wildman–Crippen LogP) is -0.930. The zero-order valence-corrected chi connectivity index (χ0v) is 10.3. The minimum atomic E-state index is -1.32. The van der Waals surface area contributed by atoms with Gasteiger partial charge in [0.1, 0.15) is 5.82 Å². The van der Waals surface area contributed by atoms with Crippen molar-refractivity contribution in [1.29, 1.82) is 0 Å². The van der Waals surface area contributed by atoms with Gasteiger partial charge in [-0.05, 0) is 18.2 Å². The number of rotatable bonds is 7. The monoisotopic (exact) mass is 272 g/mol. The number of aliphatic hydroxyl groups is 3. The van der Waals surface area contributed by atoms with Crippen LogP contribution in [0.4, 0.5) is 10.1 Å². The first-order chi connectivity index (χ1) is 9.05. The molecule has 0 bridgehead atoms. The summed E-state index contributed by atoms with van der Waals surface area (Å²) in [4.78, 5) is 11.6. The highest BCUT2D eigenvalue weighted by Gasteiger charge is 2.27. The van der Waals surface area contributed by atoms with Crippen molar-refractivity contribution >= 4 is 11.6 Å². The van der Waals surface area contributed by atoms with Crippen molar-refractivity contribution in [2.45, 2.75) is 5.54 Å². The second-order valence-corrected chi connectivity index (χ2v) is 4.17. The second kappa shape index (κ2) is 7.15. The van der Waals surface area contributed by atoms with E-state index < -0.39 is 37.1 Å². The van der Waals surface area contributed by atoms with Gasteiger partial charge in [0.05, 0.1) is 31.9 Å². The molecule has 0 fully saturated rings. The fourth-order valence-corrected chi connectivity index (χ4v) is 1.36. The van der Waals surface area contributed by atoms with Crippen molar-refractivity contribution in [1.82, 2.24) is 5.32 Å². The Balaban J connectivity index is 2.52. The number of benzene rings is 1. The van der Waals surface area contributed by atoms with Crippen molar-refractivity contribution in [2.24, 2.45) is 0 Å². The number of hydrogen-bond acceptors (Lipinski definition) is 5. The van der Waals surface area contributed by atoms with E-state index in [1.165, 1.54) is 18.2 Å². The van der Waals surface area contributed by atoms with Crippen molar-refractivity contribution in [2.75, 3.05) is 31.7 Å². The Morgan fingerprint density at radius 3 is 2.37 bits per heavy atom. The molecule has 0 unspecified atom stereocenters. The minimum Gasteiger partial charge on any atom is -0.394 e. The van der Waals surface area contributed by atoms with E-state index in [1.807, 2.05) is 0 Å². The van der Waals surface area contributed by atoms with Crippen LogP contribution >= 0.6 is 0 Å². The van der Waals surface area contributed by atoms with Gasteiger partial charge in [-0.3, -0.25) is 10.1 Å². The normalized spacial score (nSPS) is 11.4. The number of nitrogens with one attached hydrogen (secondary N) is 2. The Labute approximate surface area is 109 Å². The van der Waals surface area contributed by atoms with Gasteiger partial charge >= 0.3 is 0 Å². The Morgan fingerprint density at radius 1 is 1.21 bits per heavy atom. The molecule has 0 aliphatic carbocycles. The van der Waals surface area contributed by atoms with E-state index in [2.05, 4.69) is 10.6 Å². The lowest BCUT2D eigenvalue weighted by atomic mass is 10.0. The van der Waals surface area contributed by atoms with Crippen LogP contribution in [-0.4, -0.2) is 53.1 Å². The zero-order valence-electron chi connectivity index (χ0n) is 10.3. The van der Waals surface area contributed by atoms with Crippen molar-refractivity contribution < 1.29 is 24.5 Å². The highest BCUT2D eigenvalue weighted by atomic mass is 19.1. The fraction of sp³-hybridized carbons (Fsp3) is 0.417. The summed E-state index contributed by atoms with van der Waals surface area (Å²) < 4.78 is 12.9. The minimum absolute atomic E-state index is 0.238. The lowest BCUT2D eigenvalue weighted by molar-refractivity contribution is -0.116. The fourth-order valence-electron chi connectivity index (χ4n) is 1.36. The van der Waals surface area contributed by atoms with E-state index in [9.17, 15) is 9.18 Å². The Bertz CT molecular complexity index is 416. The number of anilines is 1. The Hall–Kier alpha value is -1.54. The molecule has 0 saturated carbocycles. The lowest BCUT2D eigenvalue weighted by Crippen LogP contribution is -2.56. The highest BCUT2D eigenvalue weighted by molar-refractivity contribution is 5.92. The summed E-state index contributed by atoms with van der Waals surface area (Å²) in [5.41, 5.74) is -1.02. The van der Waals surface area contributed by atoms with Crippen LogP contribution in [-0.2, 0) is 4.79 Å². The van der Waals surface area contributed by atoms with Gasteiger partial charge in [-0.15, -0.1) is 0 Å². The van der Waals surface area contributed by atoms with Crippen LogP contribution in [0.5, 0.6) is 0 Å².